The van der Waals surface area contributed by atoms with E-state index in [2.05, 4.69) is 0 Å². The zero-order chi connectivity index (χ0) is 27.1. The molecule has 190 valence electrons. The fourth-order valence-electron chi connectivity index (χ4n) is 3.74. The molecule has 12 nitrogen and oxygen atoms in total. The Kier molecular flexibility index (Phi) is 8.31. The molecule has 2 N–H and O–H groups in total. The number of imide groups is 1. The molecule has 12 heteroatoms. The van der Waals surface area contributed by atoms with E-state index in [1.54, 1.807) is 6.07 Å². The van der Waals surface area contributed by atoms with Gasteiger partial charge in [-0.2, -0.15) is 5.26 Å². The van der Waals surface area contributed by atoms with Crippen molar-refractivity contribution in [3.05, 3.63) is 68.8 Å². The minimum atomic E-state index is -0.874. The Labute approximate surface area is 211 Å². The maximum Gasteiger partial charge on any atom is 0.311 e. The van der Waals surface area contributed by atoms with E-state index in [-0.39, 0.29) is 41.2 Å². The Bertz CT molecular complexity index is 1360. The third-order valence-corrected chi connectivity index (χ3v) is 5.54. The molecular weight excluding hydrogens is 484 g/mol. The standard InChI is InChI=1S/C25H22N4O8/c1-36-20-13-15(12-16(14-26)23(27)31)9-10-19(20)37-21(30)8-3-2-4-11-28-24(32)17-6-5-7-18(29(34)35)22(17)25(28)33/h5-7,9-10,12-13H,2-4,8,11H2,1H3,(H2,27,31)/b16-12+. The molecule has 0 aromatic heterocycles. The molecule has 0 fully saturated rings. The highest BCUT2D eigenvalue weighted by molar-refractivity contribution is 6.23. The van der Waals surface area contributed by atoms with Crippen molar-refractivity contribution in [1.82, 2.24) is 4.90 Å². The molecule has 3 rings (SSSR count). The number of nitro groups is 1. The maximum atomic E-state index is 12.6. The van der Waals surface area contributed by atoms with Crippen LogP contribution >= 0.6 is 0 Å². The average Bonchev–Trinajstić information content (AvgIpc) is 3.12. The Morgan fingerprint density at radius 2 is 1.89 bits per heavy atom. The number of nitrogens with two attached hydrogens (primary N) is 1. The van der Waals surface area contributed by atoms with Gasteiger partial charge in [0.15, 0.2) is 11.5 Å². The molecule has 0 aliphatic carbocycles. The quantitative estimate of drug-likeness (QED) is 0.0699. The Morgan fingerprint density at radius 3 is 2.54 bits per heavy atom. The fraction of sp³-hybridized carbons (Fsp3) is 0.240. The summed E-state index contributed by atoms with van der Waals surface area (Å²) >= 11 is 0. The summed E-state index contributed by atoms with van der Waals surface area (Å²) in [7, 11) is 1.37. The number of nitriles is 1. The van der Waals surface area contributed by atoms with E-state index >= 15 is 0 Å². The summed E-state index contributed by atoms with van der Waals surface area (Å²) in [5, 5.41) is 20.1. The molecule has 0 radical (unpaired) electrons. The van der Waals surface area contributed by atoms with Crippen LogP contribution in [0, 0.1) is 21.4 Å². The second-order valence-corrected chi connectivity index (χ2v) is 7.95. The summed E-state index contributed by atoms with van der Waals surface area (Å²) in [6, 6.07) is 10.1. The van der Waals surface area contributed by atoms with Gasteiger partial charge < -0.3 is 15.2 Å². The Hall–Kier alpha value is -5.05. The van der Waals surface area contributed by atoms with Crippen LogP contribution in [0.2, 0.25) is 0 Å². The topological polar surface area (TPSA) is 183 Å². The molecule has 1 heterocycles. The number of unbranched alkanes of at least 4 members (excludes halogenated alkanes) is 2. The fourth-order valence-corrected chi connectivity index (χ4v) is 3.74. The van der Waals surface area contributed by atoms with Crippen molar-refractivity contribution in [1.29, 1.82) is 5.26 Å². The SMILES string of the molecule is COc1cc(/C=C(\C#N)C(N)=O)ccc1OC(=O)CCCCCN1C(=O)c2cccc([N+](=O)[O-])c2C1=O. The number of nitrogens with zero attached hydrogens (tertiary/aromatic N) is 3. The number of hydrogen-bond donors (Lipinski definition) is 1. The number of benzene rings is 2. The van der Waals surface area contributed by atoms with E-state index in [4.69, 9.17) is 20.5 Å². The van der Waals surface area contributed by atoms with Crippen LogP contribution in [0.3, 0.4) is 0 Å². The van der Waals surface area contributed by atoms with Crippen LogP contribution in [0.25, 0.3) is 6.08 Å². The van der Waals surface area contributed by atoms with Crippen molar-refractivity contribution in [2.75, 3.05) is 13.7 Å². The highest BCUT2D eigenvalue weighted by atomic mass is 16.6. The van der Waals surface area contributed by atoms with Gasteiger partial charge in [0.25, 0.3) is 23.4 Å². The van der Waals surface area contributed by atoms with Gasteiger partial charge in [0, 0.05) is 19.0 Å². The average molecular weight is 506 g/mol. The monoisotopic (exact) mass is 506 g/mol. The Balaban J connectivity index is 1.51. The van der Waals surface area contributed by atoms with Crippen LogP contribution in [-0.4, -0.2) is 47.2 Å². The van der Waals surface area contributed by atoms with Crippen molar-refractivity contribution in [2.24, 2.45) is 5.73 Å². The predicted molar refractivity (Wildman–Crippen MR) is 128 cm³/mol. The third-order valence-electron chi connectivity index (χ3n) is 5.54. The molecule has 2 aromatic rings. The van der Waals surface area contributed by atoms with Crippen molar-refractivity contribution < 1.29 is 33.6 Å². The number of amides is 3. The molecule has 0 spiro atoms. The van der Waals surface area contributed by atoms with Crippen LogP contribution in [-0.2, 0) is 9.59 Å². The van der Waals surface area contributed by atoms with Crippen molar-refractivity contribution in [3.8, 4) is 17.6 Å². The number of carbonyl (C=O) groups is 4. The number of hydrogen-bond acceptors (Lipinski definition) is 9. The molecule has 0 saturated heterocycles. The molecule has 0 atom stereocenters. The smallest absolute Gasteiger partial charge is 0.311 e. The molecule has 0 unspecified atom stereocenters. The van der Waals surface area contributed by atoms with Crippen LogP contribution in [0.4, 0.5) is 5.69 Å². The highest BCUT2D eigenvalue weighted by Crippen LogP contribution is 2.31. The van der Waals surface area contributed by atoms with Gasteiger partial charge in [0.2, 0.25) is 0 Å². The first-order valence-electron chi connectivity index (χ1n) is 11.1. The van der Waals surface area contributed by atoms with Crippen molar-refractivity contribution >= 4 is 35.5 Å². The molecular formula is C25H22N4O8. The van der Waals surface area contributed by atoms with Gasteiger partial charge in [-0.05, 0) is 42.7 Å². The van der Waals surface area contributed by atoms with Crippen molar-refractivity contribution in [3.63, 3.8) is 0 Å². The van der Waals surface area contributed by atoms with Crippen LogP contribution in [0.1, 0.15) is 52.0 Å². The minimum Gasteiger partial charge on any atom is -0.493 e. The summed E-state index contributed by atoms with van der Waals surface area (Å²) in [5.41, 5.74) is 4.74. The number of carbonyl (C=O) groups excluding carboxylic acids is 4. The number of methoxy groups -OCH3 is 1. The molecule has 0 saturated carbocycles. The van der Waals surface area contributed by atoms with Crippen LogP contribution in [0.5, 0.6) is 11.5 Å². The number of esters is 1. The first-order valence-corrected chi connectivity index (χ1v) is 11.1. The molecule has 0 bridgehead atoms. The summed E-state index contributed by atoms with van der Waals surface area (Å²) in [5.74, 6) is -2.33. The number of ether oxygens (including phenoxy) is 2. The van der Waals surface area contributed by atoms with E-state index in [9.17, 15) is 29.3 Å². The molecule has 3 amide bonds. The van der Waals surface area contributed by atoms with Gasteiger partial charge in [-0.3, -0.25) is 34.2 Å². The predicted octanol–water partition coefficient (Wildman–Crippen LogP) is 2.76. The molecule has 1 aliphatic rings. The highest BCUT2D eigenvalue weighted by Gasteiger charge is 2.40. The third kappa shape index (κ3) is 5.96. The Morgan fingerprint density at radius 1 is 1.14 bits per heavy atom. The summed E-state index contributed by atoms with van der Waals surface area (Å²) in [6.45, 7) is 0.0668. The first kappa shape index (κ1) is 26.6. The van der Waals surface area contributed by atoms with Gasteiger partial charge in [0.05, 0.1) is 17.6 Å². The summed E-state index contributed by atoms with van der Waals surface area (Å²) in [4.78, 5) is 60.0. The van der Waals surface area contributed by atoms with Crippen molar-refractivity contribution in [2.45, 2.75) is 25.7 Å². The molecule has 1 aliphatic heterocycles. The minimum absolute atomic E-state index is 0.0108. The summed E-state index contributed by atoms with van der Waals surface area (Å²) in [6.07, 6.45) is 2.64. The lowest BCUT2D eigenvalue weighted by atomic mass is 10.1. The maximum absolute atomic E-state index is 12.6. The number of primary amides is 1. The normalized spacial score (nSPS) is 12.6. The van der Waals surface area contributed by atoms with E-state index in [1.165, 1.54) is 49.6 Å². The van der Waals surface area contributed by atoms with E-state index in [0.29, 0.717) is 24.8 Å². The lowest BCUT2D eigenvalue weighted by Crippen LogP contribution is -2.30. The van der Waals surface area contributed by atoms with Gasteiger partial charge in [-0.1, -0.05) is 18.6 Å². The van der Waals surface area contributed by atoms with Gasteiger partial charge >= 0.3 is 5.97 Å². The number of fused-ring (bicyclic) bond motifs is 1. The lowest BCUT2D eigenvalue weighted by Gasteiger charge is -2.13. The van der Waals surface area contributed by atoms with Gasteiger partial charge in [-0.25, -0.2) is 0 Å². The largest absolute Gasteiger partial charge is 0.493 e. The molecule has 37 heavy (non-hydrogen) atoms. The van der Waals surface area contributed by atoms with Crippen LogP contribution < -0.4 is 15.2 Å². The first-order chi connectivity index (χ1) is 17.7. The van der Waals surface area contributed by atoms with Gasteiger partial charge in [-0.15, -0.1) is 0 Å². The lowest BCUT2D eigenvalue weighted by molar-refractivity contribution is -0.385. The number of rotatable bonds is 11. The second-order valence-electron chi connectivity index (χ2n) is 7.95. The molecule has 2 aromatic carbocycles. The zero-order valence-electron chi connectivity index (χ0n) is 19.8. The van der Waals surface area contributed by atoms with E-state index < -0.39 is 34.3 Å². The van der Waals surface area contributed by atoms with E-state index in [1.807, 2.05) is 0 Å². The van der Waals surface area contributed by atoms with E-state index in [0.717, 1.165) is 4.90 Å². The second kappa shape index (κ2) is 11.6. The number of nitro benzene ring substituents is 1. The van der Waals surface area contributed by atoms with Gasteiger partial charge in [0.1, 0.15) is 17.2 Å². The zero-order valence-corrected chi connectivity index (χ0v) is 19.8. The summed E-state index contributed by atoms with van der Waals surface area (Å²) < 4.78 is 10.6. The van der Waals surface area contributed by atoms with Crippen LogP contribution in [0.15, 0.2) is 42.0 Å².